The van der Waals surface area contributed by atoms with Gasteiger partial charge in [0.1, 0.15) is 10.8 Å². The fraction of sp³-hybridized carbons (Fsp3) is 0.364. The van der Waals surface area contributed by atoms with E-state index >= 15 is 0 Å². The van der Waals surface area contributed by atoms with Crippen molar-refractivity contribution in [3.05, 3.63) is 29.6 Å². The molecule has 0 aromatic heterocycles. The molecule has 5 nitrogen and oxygen atoms in total. The maximum atomic E-state index is 13.6. The van der Waals surface area contributed by atoms with Crippen LogP contribution in [0.5, 0.6) is 0 Å². The number of benzene rings is 1. The van der Waals surface area contributed by atoms with Crippen molar-refractivity contribution in [1.29, 1.82) is 0 Å². The van der Waals surface area contributed by atoms with Gasteiger partial charge in [-0.3, -0.25) is 4.21 Å². The van der Waals surface area contributed by atoms with Crippen molar-refractivity contribution in [2.24, 2.45) is 5.73 Å². The summed E-state index contributed by atoms with van der Waals surface area (Å²) >= 11 is 4.68. The Kier molecular flexibility index (Phi) is 5.75. The minimum atomic E-state index is -3.98. The van der Waals surface area contributed by atoms with Crippen LogP contribution in [-0.4, -0.2) is 35.7 Å². The molecular weight excluding hydrogens is 323 g/mol. The van der Waals surface area contributed by atoms with Gasteiger partial charge >= 0.3 is 0 Å². The smallest absolute Gasteiger partial charge is 0.241 e. The molecule has 0 aliphatic carbocycles. The standard InChI is InChI=1S/C11H15FN2O3S3/c1-7(19(2)15)6-14-20(16,17)9-5-3-4-8(12)10(9)11(13)18/h3-5,7,14H,6H2,1-2H3,(H2,13,18). The summed E-state index contributed by atoms with van der Waals surface area (Å²) in [5.41, 5.74) is 5.05. The van der Waals surface area contributed by atoms with Gasteiger partial charge in [0.2, 0.25) is 10.0 Å². The molecule has 0 bridgehead atoms. The summed E-state index contributed by atoms with van der Waals surface area (Å²) in [5, 5.41) is -0.369. The minimum Gasteiger partial charge on any atom is -0.389 e. The van der Waals surface area contributed by atoms with E-state index in [4.69, 9.17) is 5.73 Å². The molecule has 112 valence electrons. The van der Waals surface area contributed by atoms with Gasteiger partial charge in [-0.15, -0.1) is 0 Å². The Morgan fingerprint density at radius 2 is 2.15 bits per heavy atom. The summed E-state index contributed by atoms with van der Waals surface area (Å²) in [6.45, 7) is 1.61. The average molecular weight is 338 g/mol. The molecule has 0 spiro atoms. The first kappa shape index (κ1) is 17.2. The van der Waals surface area contributed by atoms with Gasteiger partial charge in [-0.25, -0.2) is 17.5 Å². The second-order valence-corrected chi connectivity index (χ2v) is 8.12. The zero-order valence-electron chi connectivity index (χ0n) is 10.9. The fourth-order valence-corrected chi connectivity index (χ4v) is 3.44. The van der Waals surface area contributed by atoms with E-state index < -0.39 is 26.6 Å². The molecule has 0 heterocycles. The third-order valence-corrected chi connectivity index (χ3v) is 5.61. The van der Waals surface area contributed by atoms with Crippen LogP contribution in [0.25, 0.3) is 0 Å². The average Bonchev–Trinajstić information content (AvgIpc) is 2.35. The highest BCUT2D eigenvalue weighted by atomic mass is 32.2. The molecule has 0 amide bonds. The number of hydrogen-bond acceptors (Lipinski definition) is 4. The third-order valence-electron chi connectivity index (χ3n) is 2.64. The molecule has 2 atom stereocenters. The van der Waals surface area contributed by atoms with Gasteiger partial charge in [-0.05, 0) is 19.1 Å². The molecule has 0 aliphatic rings. The lowest BCUT2D eigenvalue weighted by Crippen LogP contribution is -2.34. The molecule has 2 unspecified atom stereocenters. The summed E-state index contributed by atoms with van der Waals surface area (Å²) in [5.74, 6) is -0.799. The van der Waals surface area contributed by atoms with Gasteiger partial charge < -0.3 is 5.73 Å². The van der Waals surface area contributed by atoms with E-state index in [9.17, 15) is 17.0 Å². The first-order valence-corrected chi connectivity index (χ1v) is 9.08. The first-order valence-electron chi connectivity index (χ1n) is 5.57. The second kappa shape index (κ2) is 6.70. The summed E-state index contributed by atoms with van der Waals surface area (Å²) in [4.78, 5) is -0.658. The highest BCUT2D eigenvalue weighted by Gasteiger charge is 2.23. The zero-order valence-corrected chi connectivity index (χ0v) is 13.4. The Morgan fingerprint density at radius 3 is 2.65 bits per heavy atom. The van der Waals surface area contributed by atoms with Crippen LogP contribution in [0.3, 0.4) is 0 Å². The molecule has 0 radical (unpaired) electrons. The maximum Gasteiger partial charge on any atom is 0.241 e. The van der Waals surface area contributed by atoms with E-state index in [0.29, 0.717) is 0 Å². The van der Waals surface area contributed by atoms with Crippen molar-refractivity contribution in [3.63, 3.8) is 0 Å². The zero-order chi connectivity index (χ0) is 15.5. The predicted octanol–water partition coefficient (Wildman–Crippen LogP) is 0.505. The van der Waals surface area contributed by atoms with Crippen LogP contribution in [0.15, 0.2) is 23.1 Å². The largest absolute Gasteiger partial charge is 0.389 e. The predicted molar refractivity (Wildman–Crippen MR) is 81.0 cm³/mol. The fourth-order valence-electron chi connectivity index (χ4n) is 1.39. The number of sulfonamides is 1. The topological polar surface area (TPSA) is 89.3 Å². The van der Waals surface area contributed by atoms with Crippen molar-refractivity contribution in [3.8, 4) is 0 Å². The highest BCUT2D eigenvalue weighted by Crippen LogP contribution is 2.18. The molecule has 3 N–H and O–H groups in total. The lowest BCUT2D eigenvalue weighted by molar-refractivity contribution is 0.576. The molecule has 0 saturated carbocycles. The molecule has 1 aromatic rings. The van der Waals surface area contributed by atoms with Gasteiger partial charge in [0, 0.05) is 28.9 Å². The lowest BCUT2D eigenvalue weighted by atomic mass is 10.2. The van der Waals surface area contributed by atoms with E-state index in [1.165, 1.54) is 18.4 Å². The molecule has 20 heavy (non-hydrogen) atoms. The molecular formula is C11H15FN2O3S3. The summed E-state index contributed by atoms with van der Waals surface area (Å²) in [6.07, 6.45) is 1.47. The Hall–Kier alpha value is -0.900. The Balaban J connectivity index is 3.14. The van der Waals surface area contributed by atoms with Crippen molar-refractivity contribution >= 4 is 38.0 Å². The van der Waals surface area contributed by atoms with Crippen molar-refractivity contribution < 1.29 is 17.0 Å². The number of nitrogens with two attached hydrogens (primary N) is 1. The minimum absolute atomic E-state index is 0.0290. The van der Waals surface area contributed by atoms with Crippen LogP contribution in [0.4, 0.5) is 4.39 Å². The SMILES string of the molecule is CC(CNS(=O)(=O)c1cccc(F)c1C(N)=S)S(C)=O. The quantitative estimate of drug-likeness (QED) is 0.738. The van der Waals surface area contributed by atoms with Crippen LogP contribution in [0.2, 0.25) is 0 Å². The van der Waals surface area contributed by atoms with E-state index in [1.54, 1.807) is 6.92 Å². The number of hydrogen-bond donors (Lipinski definition) is 2. The molecule has 0 aliphatic heterocycles. The van der Waals surface area contributed by atoms with Gasteiger partial charge in [0.25, 0.3) is 0 Å². The van der Waals surface area contributed by atoms with Crippen molar-refractivity contribution in [2.45, 2.75) is 17.1 Å². The lowest BCUT2D eigenvalue weighted by Gasteiger charge is -2.13. The molecule has 1 rings (SSSR count). The van der Waals surface area contributed by atoms with E-state index in [1.807, 2.05) is 0 Å². The third kappa shape index (κ3) is 4.05. The van der Waals surface area contributed by atoms with Crippen LogP contribution in [0.1, 0.15) is 12.5 Å². The van der Waals surface area contributed by atoms with Crippen LogP contribution in [0, 0.1) is 5.82 Å². The molecule has 1 aromatic carbocycles. The second-order valence-electron chi connectivity index (χ2n) is 4.14. The van der Waals surface area contributed by atoms with Crippen molar-refractivity contribution in [1.82, 2.24) is 4.72 Å². The van der Waals surface area contributed by atoms with E-state index in [2.05, 4.69) is 16.9 Å². The van der Waals surface area contributed by atoms with Crippen molar-refractivity contribution in [2.75, 3.05) is 12.8 Å². The normalized spacial score (nSPS) is 14.8. The van der Waals surface area contributed by atoms with Crippen LogP contribution in [-0.2, 0) is 20.8 Å². The molecule has 0 saturated heterocycles. The van der Waals surface area contributed by atoms with Crippen LogP contribution < -0.4 is 10.5 Å². The van der Waals surface area contributed by atoms with Gasteiger partial charge in [-0.2, -0.15) is 0 Å². The van der Waals surface area contributed by atoms with Gasteiger partial charge in [0.05, 0.1) is 10.5 Å². The summed E-state index contributed by atoms with van der Waals surface area (Å²) in [6, 6.07) is 3.55. The number of halogens is 1. The van der Waals surface area contributed by atoms with Crippen LogP contribution >= 0.6 is 12.2 Å². The summed E-state index contributed by atoms with van der Waals surface area (Å²) < 4.78 is 51.4. The summed E-state index contributed by atoms with van der Waals surface area (Å²) in [7, 11) is -5.15. The Morgan fingerprint density at radius 1 is 1.55 bits per heavy atom. The van der Waals surface area contributed by atoms with Gasteiger partial charge in [0.15, 0.2) is 0 Å². The Labute approximate surface area is 125 Å². The number of thiocarbonyl (C=S) groups is 1. The number of nitrogens with one attached hydrogen (secondary N) is 1. The maximum absolute atomic E-state index is 13.6. The van der Waals surface area contributed by atoms with E-state index in [-0.39, 0.29) is 27.2 Å². The van der Waals surface area contributed by atoms with Gasteiger partial charge in [-0.1, -0.05) is 18.3 Å². The monoisotopic (exact) mass is 338 g/mol. The molecule has 0 fully saturated rings. The number of rotatable bonds is 6. The Bertz CT molecular complexity index is 646. The molecule has 9 heteroatoms. The first-order chi connectivity index (χ1) is 9.16. The van der Waals surface area contributed by atoms with E-state index in [0.717, 1.165) is 6.07 Å². The highest BCUT2D eigenvalue weighted by molar-refractivity contribution is 7.90.